The molecule has 0 bridgehead atoms. The maximum absolute atomic E-state index is 11.9. The molecule has 158 valence electrons. The minimum Gasteiger partial charge on any atom is -0.396 e. The zero-order chi connectivity index (χ0) is 21.8. The highest BCUT2D eigenvalue weighted by atomic mass is 16.5. The van der Waals surface area contributed by atoms with Crippen LogP contribution < -0.4 is 0 Å². The van der Waals surface area contributed by atoms with E-state index >= 15 is 0 Å². The molecule has 8 nitrogen and oxygen atoms in total. The largest absolute Gasteiger partial charge is 0.396 e. The van der Waals surface area contributed by atoms with Gasteiger partial charge < -0.3 is 19.3 Å². The van der Waals surface area contributed by atoms with Gasteiger partial charge >= 0.3 is 0 Å². The molecule has 2 heterocycles. The zero-order valence-corrected chi connectivity index (χ0v) is 16.9. The second-order valence-corrected chi connectivity index (χ2v) is 7.09. The van der Waals surface area contributed by atoms with Gasteiger partial charge in [-0.05, 0) is 18.9 Å². The third kappa shape index (κ3) is 4.30. The Kier molecular flexibility index (Phi) is 6.01. The van der Waals surface area contributed by atoms with E-state index < -0.39 is 6.10 Å². The van der Waals surface area contributed by atoms with Crippen LogP contribution in [0.2, 0.25) is 0 Å². The normalized spacial score (nSPS) is 12.1. The maximum atomic E-state index is 11.9. The SMILES string of the molecule is Cc1c(-c2ccccc2)noc1-c1nc(-c2ccc(C(O)C(=O)CCCO)cc2)no1. The number of carbonyl (C=O) groups excluding carboxylic acids is 1. The molecule has 2 aromatic carbocycles. The second-order valence-electron chi connectivity index (χ2n) is 7.09. The van der Waals surface area contributed by atoms with Gasteiger partial charge in [0.05, 0.1) is 0 Å². The lowest BCUT2D eigenvalue weighted by Gasteiger charge is -2.09. The molecular formula is C23H21N3O5. The molecule has 2 N–H and O–H groups in total. The van der Waals surface area contributed by atoms with Crippen LogP contribution in [0.1, 0.15) is 30.1 Å². The lowest BCUT2D eigenvalue weighted by molar-refractivity contribution is -0.127. The van der Waals surface area contributed by atoms with Gasteiger partial charge in [0, 0.05) is 29.7 Å². The van der Waals surface area contributed by atoms with E-state index in [4.69, 9.17) is 14.2 Å². The van der Waals surface area contributed by atoms with E-state index in [1.807, 2.05) is 37.3 Å². The fourth-order valence-electron chi connectivity index (χ4n) is 3.22. The van der Waals surface area contributed by atoms with E-state index in [2.05, 4.69) is 15.3 Å². The molecule has 1 unspecified atom stereocenters. The van der Waals surface area contributed by atoms with Crippen LogP contribution in [0.5, 0.6) is 0 Å². The Bertz CT molecular complexity index is 1170. The number of aliphatic hydroxyl groups excluding tert-OH is 2. The minimum absolute atomic E-state index is 0.0882. The Morgan fingerprint density at radius 1 is 1.00 bits per heavy atom. The number of hydrogen-bond donors (Lipinski definition) is 2. The van der Waals surface area contributed by atoms with Crippen molar-refractivity contribution in [1.29, 1.82) is 0 Å². The molecule has 0 aliphatic carbocycles. The average molecular weight is 419 g/mol. The number of rotatable bonds is 8. The van der Waals surface area contributed by atoms with E-state index in [1.54, 1.807) is 24.3 Å². The summed E-state index contributed by atoms with van der Waals surface area (Å²) in [7, 11) is 0. The molecule has 4 rings (SSSR count). The van der Waals surface area contributed by atoms with Crippen molar-refractivity contribution in [2.24, 2.45) is 0 Å². The summed E-state index contributed by atoms with van der Waals surface area (Å²) in [6.45, 7) is 1.79. The van der Waals surface area contributed by atoms with Crippen LogP contribution in [0.15, 0.2) is 63.6 Å². The Balaban J connectivity index is 1.53. The van der Waals surface area contributed by atoms with Gasteiger partial charge in [0.25, 0.3) is 5.89 Å². The molecule has 0 saturated heterocycles. The number of ketones is 1. The zero-order valence-electron chi connectivity index (χ0n) is 16.9. The number of hydrogen-bond acceptors (Lipinski definition) is 8. The van der Waals surface area contributed by atoms with Crippen molar-refractivity contribution in [2.75, 3.05) is 6.61 Å². The molecule has 2 aromatic heterocycles. The first-order chi connectivity index (χ1) is 15.1. The molecule has 31 heavy (non-hydrogen) atoms. The number of nitrogens with zero attached hydrogens (tertiary/aromatic N) is 3. The molecule has 8 heteroatoms. The average Bonchev–Trinajstić information content (AvgIpc) is 3.44. The van der Waals surface area contributed by atoms with Crippen LogP contribution in [0.3, 0.4) is 0 Å². The molecule has 0 saturated carbocycles. The Hall–Kier alpha value is -3.62. The van der Waals surface area contributed by atoms with Gasteiger partial charge in [0.15, 0.2) is 5.78 Å². The first-order valence-electron chi connectivity index (χ1n) is 9.86. The standard InChI is InChI=1S/C23H21N3O5/c1-14-19(15-6-3-2-4-7-15)25-30-21(14)23-24-22(26-31-23)17-11-9-16(10-12-17)20(29)18(28)8-5-13-27/h2-4,6-7,9-12,20,27,29H,5,8,13H2,1H3. The van der Waals surface area contributed by atoms with Crippen LogP contribution in [-0.4, -0.2) is 37.9 Å². The van der Waals surface area contributed by atoms with Crippen LogP contribution >= 0.6 is 0 Å². The van der Waals surface area contributed by atoms with Crippen molar-refractivity contribution in [3.05, 3.63) is 65.7 Å². The van der Waals surface area contributed by atoms with Gasteiger partial charge in [0.1, 0.15) is 11.8 Å². The predicted molar refractivity (Wildman–Crippen MR) is 112 cm³/mol. The van der Waals surface area contributed by atoms with Crippen molar-refractivity contribution < 1.29 is 24.1 Å². The van der Waals surface area contributed by atoms with Crippen molar-refractivity contribution in [2.45, 2.75) is 25.9 Å². The Morgan fingerprint density at radius 3 is 2.45 bits per heavy atom. The van der Waals surface area contributed by atoms with Crippen molar-refractivity contribution in [3.8, 4) is 34.3 Å². The van der Waals surface area contributed by atoms with E-state index in [1.165, 1.54) is 0 Å². The van der Waals surface area contributed by atoms with Gasteiger partial charge in [-0.25, -0.2) is 0 Å². The first kappa shape index (κ1) is 20.6. The minimum atomic E-state index is -1.23. The van der Waals surface area contributed by atoms with Gasteiger partial charge in [-0.15, -0.1) is 0 Å². The molecule has 0 aliphatic rings. The van der Waals surface area contributed by atoms with E-state index in [-0.39, 0.29) is 24.7 Å². The molecule has 0 aliphatic heterocycles. The first-order valence-corrected chi connectivity index (χ1v) is 9.86. The third-order valence-electron chi connectivity index (χ3n) is 4.96. The summed E-state index contributed by atoms with van der Waals surface area (Å²) in [4.78, 5) is 16.3. The smallest absolute Gasteiger partial charge is 0.297 e. The van der Waals surface area contributed by atoms with Crippen molar-refractivity contribution in [3.63, 3.8) is 0 Å². The van der Waals surface area contributed by atoms with Crippen LogP contribution in [-0.2, 0) is 4.79 Å². The van der Waals surface area contributed by atoms with Gasteiger partial charge in [-0.2, -0.15) is 4.98 Å². The Morgan fingerprint density at radius 2 is 1.74 bits per heavy atom. The van der Waals surface area contributed by atoms with Crippen molar-refractivity contribution >= 4 is 5.78 Å². The number of carbonyl (C=O) groups is 1. The van der Waals surface area contributed by atoms with Crippen LogP contribution in [0.4, 0.5) is 0 Å². The summed E-state index contributed by atoms with van der Waals surface area (Å²) < 4.78 is 10.8. The van der Waals surface area contributed by atoms with E-state index in [0.717, 1.165) is 11.1 Å². The molecular weight excluding hydrogens is 398 g/mol. The molecule has 0 radical (unpaired) electrons. The number of aliphatic hydroxyl groups is 2. The number of Topliss-reactive ketones (excluding diaryl/α,β-unsaturated/α-hetero) is 1. The summed E-state index contributed by atoms with van der Waals surface area (Å²) in [5.74, 6) is 0.628. The van der Waals surface area contributed by atoms with E-state index in [9.17, 15) is 9.90 Å². The maximum Gasteiger partial charge on any atom is 0.297 e. The quantitative estimate of drug-likeness (QED) is 0.443. The fourth-order valence-corrected chi connectivity index (χ4v) is 3.22. The molecule has 0 amide bonds. The monoisotopic (exact) mass is 419 g/mol. The third-order valence-corrected chi connectivity index (χ3v) is 4.96. The number of benzene rings is 2. The molecule has 0 spiro atoms. The summed E-state index contributed by atoms with van der Waals surface area (Å²) in [6, 6.07) is 16.4. The topological polar surface area (TPSA) is 122 Å². The molecule has 1 atom stereocenters. The Labute approximate surface area is 178 Å². The van der Waals surface area contributed by atoms with Gasteiger partial charge in [0.2, 0.25) is 11.6 Å². The summed E-state index contributed by atoms with van der Waals surface area (Å²) in [6.07, 6.45) is -0.781. The second kappa shape index (κ2) is 9.03. The predicted octanol–water partition coefficient (Wildman–Crippen LogP) is 3.74. The highest BCUT2D eigenvalue weighted by molar-refractivity contribution is 5.84. The van der Waals surface area contributed by atoms with Crippen LogP contribution in [0.25, 0.3) is 34.3 Å². The van der Waals surface area contributed by atoms with Gasteiger partial charge in [-0.1, -0.05) is 64.9 Å². The highest BCUT2D eigenvalue weighted by Gasteiger charge is 2.22. The summed E-state index contributed by atoms with van der Waals surface area (Å²) in [5, 5.41) is 27.1. The summed E-state index contributed by atoms with van der Waals surface area (Å²) >= 11 is 0. The van der Waals surface area contributed by atoms with Crippen molar-refractivity contribution in [1.82, 2.24) is 15.3 Å². The molecule has 0 fully saturated rings. The fraction of sp³-hybridized carbons (Fsp3) is 0.217. The lowest BCUT2D eigenvalue weighted by Crippen LogP contribution is -2.12. The van der Waals surface area contributed by atoms with Gasteiger partial charge in [-0.3, -0.25) is 4.79 Å². The van der Waals surface area contributed by atoms with E-state index in [0.29, 0.717) is 34.8 Å². The van der Waals surface area contributed by atoms with Crippen LogP contribution in [0, 0.1) is 6.92 Å². The lowest BCUT2D eigenvalue weighted by atomic mass is 10.0. The highest BCUT2D eigenvalue weighted by Crippen LogP contribution is 2.31. The number of aromatic nitrogens is 3. The molecule has 4 aromatic rings. The summed E-state index contributed by atoms with van der Waals surface area (Å²) in [5.41, 5.74) is 3.56.